The first-order chi connectivity index (χ1) is 9.25. The van der Waals surface area contributed by atoms with Gasteiger partial charge in [-0.05, 0) is 31.4 Å². The summed E-state index contributed by atoms with van der Waals surface area (Å²) in [5.41, 5.74) is 0.210. The molecule has 0 aliphatic carbocycles. The van der Waals surface area contributed by atoms with E-state index in [2.05, 4.69) is 15.1 Å². The van der Waals surface area contributed by atoms with E-state index in [0.717, 1.165) is 18.2 Å². The molecule has 3 rings (SSSR count). The van der Waals surface area contributed by atoms with Gasteiger partial charge in [0.2, 0.25) is 10.3 Å². The first-order valence-corrected chi connectivity index (χ1v) is 7.07. The Hall–Kier alpha value is -1.89. The van der Waals surface area contributed by atoms with E-state index in [9.17, 15) is 4.79 Å². The third-order valence-electron chi connectivity index (χ3n) is 3.20. The first kappa shape index (κ1) is 12.2. The Kier molecular flexibility index (Phi) is 3.20. The Morgan fingerprint density at radius 2 is 1.95 bits per heavy atom. The van der Waals surface area contributed by atoms with Gasteiger partial charge in [-0.25, -0.2) is 4.79 Å². The summed E-state index contributed by atoms with van der Waals surface area (Å²) in [6.45, 7) is 2.01. The fraction of sp³-hybridized carbons (Fsp3) is 0.417. The number of hydrogen-bond donors (Lipinski definition) is 1. The molecule has 0 aromatic carbocycles. The minimum absolute atomic E-state index is 0.210. The fourth-order valence-corrected chi connectivity index (χ4v) is 3.14. The molecule has 1 aliphatic rings. The van der Waals surface area contributed by atoms with Crippen LogP contribution in [0.25, 0.3) is 5.13 Å². The molecule has 19 heavy (non-hydrogen) atoms. The second kappa shape index (κ2) is 5.00. The minimum atomic E-state index is -0.959. The zero-order chi connectivity index (χ0) is 13.2. The normalized spacial score (nSPS) is 15.7. The van der Waals surface area contributed by atoms with E-state index in [0.29, 0.717) is 5.13 Å². The van der Waals surface area contributed by atoms with Gasteiger partial charge in [0.1, 0.15) is 5.69 Å². The van der Waals surface area contributed by atoms with Crippen LogP contribution in [0.1, 0.15) is 29.8 Å². The summed E-state index contributed by atoms with van der Waals surface area (Å²) in [5, 5.41) is 18.9. The molecule has 2 aromatic heterocycles. The molecule has 0 radical (unpaired) electrons. The molecule has 1 saturated heterocycles. The summed E-state index contributed by atoms with van der Waals surface area (Å²) in [4.78, 5) is 13.3. The number of anilines is 1. The zero-order valence-electron chi connectivity index (χ0n) is 10.3. The smallest absolute Gasteiger partial charge is 0.352 e. The molecule has 1 aliphatic heterocycles. The number of rotatable bonds is 3. The van der Waals surface area contributed by atoms with Crippen LogP contribution in [-0.2, 0) is 0 Å². The van der Waals surface area contributed by atoms with E-state index in [4.69, 9.17) is 5.11 Å². The number of carboxylic acids is 1. The Labute approximate surface area is 114 Å². The second-order valence-electron chi connectivity index (χ2n) is 4.48. The third-order valence-corrected chi connectivity index (χ3v) is 4.19. The molecule has 0 saturated carbocycles. The second-order valence-corrected chi connectivity index (χ2v) is 5.42. The van der Waals surface area contributed by atoms with E-state index in [1.54, 1.807) is 22.9 Å². The van der Waals surface area contributed by atoms with Crippen molar-refractivity contribution in [1.82, 2.24) is 14.8 Å². The Morgan fingerprint density at radius 1 is 1.21 bits per heavy atom. The number of nitrogens with zero attached hydrogens (tertiary/aromatic N) is 4. The summed E-state index contributed by atoms with van der Waals surface area (Å²) in [6.07, 6.45) is 5.32. The highest BCUT2D eigenvalue weighted by molar-refractivity contribution is 7.17. The Bertz CT molecular complexity index is 586. The molecule has 0 bridgehead atoms. The topological polar surface area (TPSA) is 71.2 Å². The zero-order valence-corrected chi connectivity index (χ0v) is 11.1. The van der Waals surface area contributed by atoms with Crippen LogP contribution in [0.15, 0.2) is 18.3 Å². The Balaban J connectivity index is 1.88. The summed E-state index contributed by atoms with van der Waals surface area (Å²) in [7, 11) is 0. The Morgan fingerprint density at radius 3 is 2.68 bits per heavy atom. The molecule has 100 valence electrons. The van der Waals surface area contributed by atoms with Gasteiger partial charge in [0.05, 0.1) is 0 Å². The third kappa shape index (κ3) is 2.33. The maximum absolute atomic E-state index is 11.1. The van der Waals surface area contributed by atoms with Crippen molar-refractivity contribution < 1.29 is 9.90 Å². The predicted molar refractivity (Wildman–Crippen MR) is 72.3 cm³/mol. The SMILES string of the molecule is O=C(O)c1cccn1-c1nnc(N2CCCCC2)s1. The van der Waals surface area contributed by atoms with Crippen LogP contribution in [0, 0.1) is 0 Å². The van der Waals surface area contributed by atoms with Crippen molar-refractivity contribution in [2.45, 2.75) is 19.3 Å². The van der Waals surface area contributed by atoms with Crippen molar-refractivity contribution in [3.05, 3.63) is 24.0 Å². The minimum Gasteiger partial charge on any atom is -0.477 e. The molecule has 1 N–H and O–H groups in total. The molecule has 1 fully saturated rings. The van der Waals surface area contributed by atoms with Gasteiger partial charge in [-0.15, -0.1) is 10.2 Å². The van der Waals surface area contributed by atoms with Gasteiger partial charge in [-0.2, -0.15) is 0 Å². The van der Waals surface area contributed by atoms with Gasteiger partial charge in [-0.3, -0.25) is 4.57 Å². The summed E-state index contributed by atoms with van der Waals surface area (Å²) in [6, 6.07) is 3.26. The number of carbonyl (C=O) groups is 1. The van der Waals surface area contributed by atoms with Gasteiger partial charge < -0.3 is 10.0 Å². The molecular weight excluding hydrogens is 264 g/mol. The average Bonchev–Trinajstić information content (AvgIpc) is 3.08. The van der Waals surface area contributed by atoms with Gasteiger partial charge in [-0.1, -0.05) is 11.3 Å². The molecule has 0 atom stereocenters. The standard InChI is InChI=1S/C12H14N4O2S/c17-10(18)9-5-4-8-16(9)12-14-13-11(19-12)15-6-2-1-3-7-15/h4-5,8H,1-3,6-7H2,(H,17,18). The number of aromatic nitrogens is 3. The van der Waals surface area contributed by atoms with Crippen LogP contribution in [-0.4, -0.2) is 38.9 Å². The fourth-order valence-electron chi connectivity index (χ4n) is 2.24. The molecule has 0 unspecified atom stereocenters. The van der Waals surface area contributed by atoms with E-state index in [-0.39, 0.29) is 5.69 Å². The molecule has 6 nitrogen and oxygen atoms in total. The molecule has 0 amide bonds. The van der Waals surface area contributed by atoms with Crippen LogP contribution >= 0.6 is 11.3 Å². The number of piperidine rings is 1. The van der Waals surface area contributed by atoms with Crippen molar-refractivity contribution in [1.29, 1.82) is 0 Å². The highest BCUT2D eigenvalue weighted by Crippen LogP contribution is 2.26. The quantitative estimate of drug-likeness (QED) is 0.930. The van der Waals surface area contributed by atoms with Crippen molar-refractivity contribution in [2.24, 2.45) is 0 Å². The van der Waals surface area contributed by atoms with E-state index >= 15 is 0 Å². The van der Waals surface area contributed by atoms with Crippen LogP contribution in [0.4, 0.5) is 5.13 Å². The van der Waals surface area contributed by atoms with E-state index in [1.807, 2.05) is 0 Å². The molecule has 7 heteroatoms. The number of aromatic carboxylic acids is 1. The largest absolute Gasteiger partial charge is 0.477 e. The van der Waals surface area contributed by atoms with Crippen molar-refractivity contribution in [2.75, 3.05) is 18.0 Å². The summed E-state index contributed by atoms with van der Waals surface area (Å²) in [5.74, 6) is -0.959. The highest BCUT2D eigenvalue weighted by Gasteiger charge is 2.18. The monoisotopic (exact) mass is 278 g/mol. The van der Waals surface area contributed by atoms with E-state index < -0.39 is 5.97 Å². The summed E-state index contributed by atoms with van der Waals surface area (Å²) < 4.78 is 1.56. The van der Waals surface area contributed by atoms with Crippen LogP contribution in [0.5, 0.6) is 0 Å². The summed E-state index contributed by atoms with van der Waals surface area (Å²) >= 11 is 1.43. The maximum Gasteiger partial charge on any atom is 0.352 e. The molecule has 0 spiro atoms. The molecule has 2 aromatic rings. The van der Waals surface area contributed by atoms with Gasteiger partial charge in [0.15, 0.2) is 0 Å². The first-order valence-electron chi connectivity index (χ1n) is 6.25. The van der Waals surface area contributed by atoms with Crippen molar-refractivity contribution >= 4 is 22.4 Å². The average molecular weight is 278 g/mol. The van der Waals surface area contributed by atoms with Gasteiger partial charge in [0, 0.05) is 19.3 Å². The lowest BCUT2D eigenvalue weighted by atomic mass is 10.1. The molecular formula is C12H14N4O2S. The lowest BCUT2D eigenvalue weighted by molar-refractivity contribution is 0.0688. The highest BCUT2D eigenvalue weighted by atomic mass is 32.1. The maximum atomic E-state index is 11.1. The van der Waals surface area contributed by atoms with Crippen molar-refractivity contribution in [3.8, 4) is 5.13 Å². The van der Waals surface area contributed by atoms with Crippen LogP contribution in [0.2, 0.25) is 0 Å². The lowest BCUT2D eigenvalue weighted by Gasteiger charge is -2.25. The van der Waals surface area contributed by atoms with Gasteiger partial charge in [0.25, 0.3) is 0 Å². The van der Waals surface area contributed by atoms with Crippen LogP contribution in [0.3, 0.4) is 0 Å². The number of carboxylic acid groups (broad SMARTS) is 1. The van der Waals surface area contributed by atoms with Gasteiger partial charge >= 0.3 is 5.97 Å². The molecule has 3 heterocycles. The lowest BCUT2D eigenvalue weighted by Crippen LogP contribution is -2.29. The number of hydrogen-bond acceptors (Lipinski definition) is 5. The predicted octanol–water partition coefficient (Wildman–Crippen LogP) is 2.02. The van der Waals surface area contributed by atoms with Crippen LogP contribution < -0.4 is 4.90 Å². The van der Waals surface area contributed by atoms with E-state index in [1.165, 1.54) is 30.6 Å². The van der Waals surface area contributed by atoms with Crippen molar-refractivity contribution in [3.63, 3.8) is 0 Å².